The number of likely N-dealkylation sites (tertiary alicyclic amines) is 1. The summed E-state index contributed by atoms with van der Waals surface area (Å²) in [6.45, 7) is 7.92. The highest BCUT2D eigenvalue weighted by atomic mass is 16.3. The van der Waals surface area contributed by atoms with Gasteiger partial charge in [-0.25, -0.2) is 0 Å². The number of aliphatic hydroxyl groups is 1. The average molecular weight is 304 g/mol. The van der Waals surface area contributed by atoms with Crippen molar-refractivity contribution in [2.24, 2.45) is 5.92 Å². The van der Waals surface area contributed by atoms with Crippen LogP contribution >= 0.6 is 0 Å². The van der Waals surface area contributed by atoms with Crippen LogP contribution in [0.3, 0.4) is 0 Å². The number of likely N-dealkylation sites (N-methyl/N-ethyl adjacent to an activating group) is 1. The van der Waals surface area contributed by atoms with Crippen molar-refractivity contribution in [3.8, 4) is 0 Å². The molecule has 1 fully saturated rings. The fourth-order valence-corrected chi connectivity index (χ4v) is 3.08. The molecule has 1 amide bonds. The van der Waals surface area contributed by atoms with Crippen LogP contribution in [0.15, 0.2) is 24.3 Å². The second-order valence-corrected chi connectivity index (χ2v) is 7.51. The highest BCUT2D eigenvalue weighted by molar-refractivity contribution is 5.94. The molecule has 2 atom stereocenters. The first-order valence-electron chi connectivity index (χ1n) is 7.91. The van der Waals surface area contributed by atoms with Crippen LogP contribution in [0.1, 0.15) is 36.7 Å². The molecule has 22 heavy (non-hydrogen) atoms. The van der Waals surface area contributed by atoms with E-state index in [9.17, 15) is 9.90 Å². The van der Waals surface area contributed by atoms with Gasteiger partial charge in [0.2, 0.25) is 0 Å². The number of rotatable bonds is 3. The smallest absolute Gasteiger partial charge is 0.253 e. The Bertz CT molecular complexity index is 517. The zero-order valence-corrected chi connectivity index (χ0v) is 14.3. The highest BCUT2D eigenvalue weighted by Crippen LogP contribution is 2.25. The molecule has 1 aromatic rings. The van der Waals surface area contributed by atoms with Crippen molar-refractivity contribution < 1.29 is 9.90 Å². The van der Waals surface area contributed by atoms with E-state index in [1.165, 1.54) is 5.56 Å². The number of amides is 1. The van der Waals surface area contributed by atoms with Gasteiger partial charge in [-0.3, -0.25) is 4.79 Å². The van der Waals surface area contributed by atoms with Gasteiger partial charge in [-0.15, -0.1) is 0 Å². The normalized spacial score (nSPS) is 22.4. The summed E-state index contributed by atoms with van der Waals surface area (Å²) in [5.74, 6) is 0.191. The molecule has 0 bridgehead atoms. The van der Waals surface area contributed by atoms with Crippen molar-refractivity contribution in [3.05, 3.63) is 35.4 Å². The third kappa shape index (κ3) is 3.50. The van der Waals surface area contributed by atoms with Gasteiger partial charge >= 0.3 is 0 Å². The van der Waals surface area contributed by atoms with E-state index < -0.39 is 0 Å². The number of benzene rings is 1. The molecule has 0 aliphatic carbocycles. The monoisotopic (exact) mass is 304 g/mol. The van der Waals surface area contributed by atoms with Gasteiger partial charge in [0.15, 0.2) is 0 Å². The predicted molar refractivity (Wildman–Crippen MR) is 89.1 cm³/mol. The van der Waals surface area contributed by atoms with Gasteiger partial charge in [-0.1, -0.05) is 32.9 Å². The van der Waals surface area contributed by atoms with Crippen molar-refractivity contribution in [1.82, 2.24) is 9.80 Å². The maximum atomic E-state index is 12.7. The Balaban J connectivity index is 2.12. The SMILES string of the molecule is CN(C)C1CN(C(=O)c2ccc(C(C)(C)C)cc2)CC1CO. The fourth-order valence-electron chi connectivity index (χ4n) is 3.08. The van der Waals surface area contributed by atoms with E-state index in [0.717, 1.165) is 5.56 Å². The molecule has 1 saturated heterocycles. The number of carbonyl (C=O) groups excluding carboxylic acids is 1. The Morgan fingerprint density at radius 1 is 1.23 bits per heavy atom. The summed E-state index contributed by atoms with van der Waals surface area (Å²) in [7, 11) is 4.00. The number of carbonyl (C=O) groups is 1. The second kappa shape index (κ2) is 6.39. The Hall–Kier alpha value is -1.39. The van der Waals surface area contributed by atoms with Crippen LogP contribution in [0, 0.1) is 5.92 Å². The van der Waals surface area contributed by atoms with E-state index in [-0.39, 0.29) is 29.9 Å². The largest absolute Gasteiger partial charge is 0.396 e. The van der Waals surface area contributed by atoms with Crippen molar-refractivity contribution in [3.63, 3.8) is 0 Å². The molecular formula is C18H28N2O2. The van der Waals surface area contributed by atoms with Gasteiger partial charge in [-0.05, 0) is 37.2 Å². The van der Waals surface area contributed by atoms with Gasteiger partial charge in [-0.2, -0.15) is 0 Å². The van der Waals surface area contributed by atoms with Gasteiger partial charge in [0.25, 0.3) is 5.91 Å². The molecule has 0 aromatic heterocycles. The lowest BCUT2D eigenvalue weighted by atomic mass is 9.86. The fraction of sp³-hybridized carbons (Fsp3) is 0.611. The van der Waals surface area contributed by atoms with E-state index >= 15 is 0 Å². The third-order valence-corrected chi connectivity index (χ3v) is 4.59. The van der Waals surface area contributed by atoms with Gasteiger partial charge < -0.3 is 14.9 Å². The van der Waals surface area contributed by atoms with E-state index in [1.54, 1.807) is 0 Å². The summed E-state index contributed by atoms with van der Waals surface area (Å²) in [4.78, 5) is 16.6. The van der Waals surface area contributed by atoms with Crippen LogP contribution in [-0.2, 0) is 5.41 Å². The highest BCUT2D eigenvalue weighted by Gasteiger charge is 2.36. The topological polar surface area (TPSA) is 43.8 Å². The minimum absolute atomic E-state index is 0.0586. The van der Waals surface area contributed by atoms with Crippen molar-refractivity contribution in [1.29, 1.82) is 0 Å². The van der Waals surface area contributed by atoms with Gasteiger partial charge in [0.1, 0.15) is 0 Å². The standard InChI is InChI=1S/C18H28N2O2/c1-18(2,3)15-8-6-13(7-9-15)17(22)20-10-14(12-21)16(11-20)19(4)5/h6-9,14,16,21H,10-12H2,1-5H3. The molecule has 1 aliphatic heterocycles. The molecule has 1 aromatic carbocycles. The number of aliphatic hydroxyl groups excluding tert-OH is 1. The lowest BCUT2D eigenvalue weighted by Crippen LogP contribution is -2.37. The van der Waals surface area contributed by atoms with Gasteiger partial charge in [0, 0.05) is 37.2 Å². The summed E-state index contributed by atoms with van der Waals surface area (Å²) in [5.41, 5.74) is 2.04. The van der Waals surface area contributed by atoms with Crippen LogP contribution in [0.5, 0.6) is 0 Å². The Labute approximate surface area is 133 Å². The zero-order chi connectivity index (χ0) is 16.5. The maximum Gasteiger partial charge on any atom is 0.253 e. The molecule has 1 aliphatic rings. The van der Waals surface area contributed by atoms with Crippen molar-refractivity contribution in [2.45, 2.75) is 32.2 Å². The molecule has 4 heteroatoms. The summed E-state index contributed by atoms with van der Waals surface area (Å²) < 4.78 is 0. The molecule has 0 saturated carbocycles. The molecule has 4 nitrogen and oxygen atoms in total. The Morgan fingerprint density at radius 2 is 1.82 bits per heavy atom. The first-order valence-corrected chi connectivity index (χ1v) is 7.91. The number of hydrogen-bond acceptors (Lipinski definition) is 3. The van der Waals surface area contributed by atoms with E-state index in [4.69, 9.17) is 0 Å². The summed E-state index contributed by atoms with van der Waals surface area (Å²) in [6.07, 6.45) is 0. The van der Waals surface area contributed by atoms with Crippen molar-refractivity contribution >= 4 is 5.91 Å². The zero-order valence-electron chi connectivity index (χ0n) is 14.3. The summed E-state index contributed by atoms with van der Waals surface area (Å²) in [5, 5.41) is 9.52. The Morgan fingerprint density at radius 3 is 2.23 bits per heavy atom. The minimum Gasteiger partial charge on any atom is -0.396 e. The van der Waals surface area contributed by atoms with Crippen LogP contribution in [0.25, 0.3) is 0 Å². The molecule has 2 unspecified atom stereocenters. The van der Waals surface area contributed by atoms with Crippen LogP contribution in [-0.4, -0.2) is 60.6 Å². The minimum atomic E-state index is 0.0586. The quantitative estimate of drug-likeness (QED) is 0.928. The first-order chi connectivity index (χ1) is 10.2. The Kier molecular flexibility index (Phi) is 4.93. The summed E-state index contributed by atoms with van der Waals surface area (Å²) >= 11 is 0. The van der Waals surface area contributed by atoms with Gasteiger partial charge in [0.05, 0.1) is 0 Å². The lowest BCUT2D eigenvalue weighted by Gasteiger charge is -2.23. The van der Waals surface area contributed by atoms with E-state index in [1.807, 2.05) is 43.3 Å². The lowest BCUT2D eigenvalue weighted by molar-refractivity contribution is 0.0779. The second-order valence-electron chi connectivity index (χ2n) is 7.51. The van der Waals surface area contributed by atoms with E-state index in [0.29, 0.717) is 13.1 Å². The molecule has 1 heterocycles. The third-order valence-electron chi connectivity index (χ3n) is 4.59. The average Bonchev–Trinajstić information content (AvgIpc) is 2.90. The van der Waals surface area contributed by atoms with Crippen molar-refractivity contribution in [2.75, 3.05) is 33.8 Å². The van der Waals surface area contributed by atoms with Crippen LogP contribution in [0.2, 0.25) is 0 Å². The molecule has 1 N–H and O–H groups in total. The first kappa shape index (κ1) is 17.0. The molecular weight excluding hydrogens is 276 g/mol. The van der Waals surface area contributed by atoms with Crippen LogP contribution < -0.4 is 0 Å². The molecule has 0 spiro atoms. The molecule has 2 rings (SSSR count). The molecule has 0 radical (unpaired) electrons. The maximum absolute atomic E-state index is 12.7. The van der Waals surface area contributed by atoms with E-state index in [2.05, 4.69) is 25.7 Å². The molecule has 122 valence electrons. The number of nitrogens with zero attached hydrogens (tertiary/aromatic N) is 2. The predicted octanol–water partition coefficient (Wildman–Crippen LogP) is 1.98. The number of hydrogen-bond donors (Lipinski definition) is 1. The van der Waals surface area contributed by atoms with Crippen LogP contribution in [0.4, 0.5) is 0 Å². The summed E-state index contributed by atoms with van der Waals surface area (Å²) in [6, 6.07) is 8.13.